The molecule has 0 fully saturated rings. The maximum absolute atomic E-state index is 5.36. The second-order valence-electron chi connectivity index (χ2n) is 19.4. The van der Waals surface area contributed by atoms with Crippen molar-refractivity contribution in [2.24, 2.45) is 0 Å². The number of hydrogen-bond donors (Lipinski definition) is 0. The van der Waals surface area contributed by atoms with Crippen LogP contribution < -0.4 is 0 Å². The van der Waals surface area contributed by atoms with Crippen molar-refractivity contribution in [3.63, 3.8) is 0 Å². The molecular weight excluding hydrogens is 887 g/mol. The lowest BCUT2D eigenvalue weighted by Crippen LogP contribution is -1.97. The van der Waals surface area contributed by atoms with Gasteiger partial charge < -0.3 is 13.7 Å². The first-order chi connectivity index (χ1) is 36.2. The van der Waals surface area contributed by atoms with Crippen LogP contribution in [0.25, 0.3) is 148 Å². The van der Waals surface area contributed by atoms with Gasteiger partial charge in [0.2, 0.25) is 0 Å². The highest BCUT2D eigenvalue weighted by atomic mass is 15.0. The molecule has 0 spiro atoms. The highest BCUT2D eigenvalue weighted by Gasteiger charge is 2.20. The van der Waals surface area contributed by atoms with E-state index >= 15 is 0 Å². The number of aromatic nitrogens is 5. The molecule has 5 nitrogen and oxygen atoms in total. The van der Waals surface area contributed by atoms with Crippen molar-refractivity contribution in [3.05, 3.63) is 249 Å². The van der Waals surface area contributed by atoms with Crippen LogP contribution in [0.2, 0.25) is 0 Å². The Kier molecular flexibility index (Phi) is 8.39. The minimum absolute atomic E-state index is 0.861. The van der Waals surface area contributed by atoms with Gasteiger partial charge in [-0.15, -0.1) is 0 Å². The zero-order valence-corrected chi connectivity index (χ0v) is 39.4. The number of fused-ring (bicyclic) bond motifs is 14. The van der Waals surface area contributed by atoms with E-state index in [1.165, 1.54) is 81.4 Å². The van der Waals surface area contributed by atoms with Crippen molar-refractivity contribution in [2.45, 2.75) is 0 Å². The maximum Gasteiger partial charge on any atom is 0.0973 e. The van der Waals surface area contributed by atoms with E-state index in [0.29, 0.717) is 0 Å². The van der Waals surface area contributed by atoms with Crippen LogP contribution in [0.1, 0.15) is 0 Å². The molecule has 0 bridgehead atoms. The largest absolute Gasteiger partial charge is 0.309 e. The Balaban J connectivity index is 0.824. The second kappa shape index (κ2) is 15.3. The van der Waals surface area contributed by atoms with Crippen molar-refractivity contribution >= 4 is 109 Å². The van der Waals surface area contributed by atoms with Crippen LogP contribution in [0.4, 0.5) is 0 Å². The van der Waals surface area contributed by atoms with Gasteiger partial charge in [-0.2, -0.15) is 0 Å². The highest BCUT2D eigenvalue weighted by molar-refractivity contribution is 6.19. The number of hydrogen-bond acceptors (Lipinski definition) is 2. The van der Waals surface area contributed by atoms with Gasteiger partial charge in [-0.3, -0.25) is 0 Å². The fraction of sp³-hybridized carbons (Fsp3) is 0. The van der Waals surface area contributed by atoms with Crippen LogP contribution in [0.5, 0.6) is 0 Å². The van der Waals surface area contributed by atoms with E-state index in [-0.39, 0.29) is 0 Å². The van der Waals surface area contributed by atoms with E-state index in [9.17, 15) is 0 Å². The predicted molar refractivity (Wildman–Crippen MR) is 306 cm³/mol. The van der Waals surface area contributed by atoms with Gasteiger partial charge in [0.25, 0.3) is 0 Å². The molecule has 0 radical (unpaired) electrons. The molecule has 4 aromatic heterocycles. The van der Waals surface area contributed by atoms with Crippen molar-refractivity contribution in [1.29, 1.82) is 0 Å². The van der Waals surface area contributed by atoms with Gasteiger partial charge in [0.15, 0.2) is 0 Å². The molecule has 0 unspecified atom stereocenters. The summed E-state index contributed by atoms with van der Waals surface area (Å²) in [5, 5.41) is 14.6. The van der Waals surface area contributed by atoms with Gasteiger partial charge in [-0.05, 0) is 124 Å². The van der Waals surface area contributed by atoms with Gasteiger partial charge in [0.1, 0.15) is 0 Å². The Morgan fingerprint density at radius 3 is 1.44 bits per heavy atom. The molecule has 16 aromatic rings. The van der Waals surface area contributed by atoms with Gasteiger partial charge in [-0.1, -0.05) is 152 Å². The van der Waals surface area contributed by atoms with Gasteiger partial charge in [0, 0.05) is 65.9 Å². The van der Waals surface area contributed by atoms with E-state index in [2.05, 4.69) is 250 Å². The summed E-state index contributed by atoms with van der Waals surface area (Å²) < 4.78 is 7.24. The summed E-state index contributed by atoms with van der Waals surface area (Å²) in [4.78, 5) is 10.7. The zero-order chi connectivity index (χ0) is 47.7. The first-order valence-electron chi connectivity index (χ1n) is 25.0. The van der Waals surface area contributed by atoms with Crippen molar-refractivity contribution < 1.29 is 0 Å². The number of para-hydroxylation sites is 6. The normalized spacial score (nSPS) is 12.1. The third kappa shape index (κ3) is 5.97. The quantitative estimate of drug-likeness (QED) is 0.173. The molecule has 0 aliphatic carbocycles. The first-order valence-corrected chi connectivity index (χ1v) is 25.0. The number of rotatable bonds is 5. The standard InChI is InChI=1S/C68H41N5/c1-2-15-49(16-3-1)71-61-23-11-7-19-54(61)57-39-47(31-35-64(57)71)67-66(69-59-21-9-10-22-60(59)70-67)46-27-26-44-37-50(32-28-43(44)36-46)72-62-24-12-8-20-55(62)58-40-48-38-51(33-29-45(48)41-65(58)72)73-63-25-13-6-18-53(63)56-34-30-42-14-4-5-17-52(42)68(56)73/h1-41H. The molecule has 0 aliphatic rings. The minimum atomic E-state index is 0.861. The van der Waals surface area contributed by atoms with E-state index in [1.807, 2.05) is 12.1 Å². The Labute approximate surface area is 418 Å². The van der Waals surface area contributed by atoms with E-state index < -0.39 is 0 Å². The van der Waals surface area contributed by atoms with Crippen LogP contribution >= 0.6 is 0 Å². The molecule has 0 saturated carbocycles. The van der Waals surface area contributed by atoms with Gasteiger partial charge in [0.05, 0.1) is 55.5 Å². The molecule has 12 aromatic carbocycles. The maximum atomic E-state index is 5.36. The summed E-state index contributed by atoms with van der Waals surface area (Å²) in [6.07, 6.45) is 0. The average molecular weight is 928 g/mol. The van der Waals surface area contributed by atoms with E-state index in [1.54, 1.807) is 0 Å². The summed E-state index contributed by atoms with van der Waals surface area (Å²) >= 11 is 0. The molecule has 5 heteroatoms. The molecule has 0 atom stereocenters. The van der Waals surface area contributed by atoms with E-state index in [4.69, 9.17) is 9.97 Å². The van der Waals surface area contributed by atoms with Crippen LogP contribution in [-0.4, -0.2) is 23.7 Å². The predicted octanol–water partition coefficient (Wildman–Crippen LogP) is 17.7. The topological polar surface area (TPSA) is 40.6 Å². The molecule has 0 aliphatic heterocycles. The Hall–Kier alpha value is -9.84. The molecule has 0 N–H and O–H groups in total. The molecule has 73 heavy (non-hydrogen) atoms. The van der Waals surface area contributed by atoms with Crippen molar-refractivity contribution in [3.8, 4) is 39.6 Å². The molecule has 16 rings (SSSR count). The van der Waals surface area contributed by atoms with Crippen LogP contribution in [-0.2, 0) is 0 Å². The average Bonchev–Trinajstić information content (AvgIpc) is 4.09. The fourth-order valence-electron chi connectivity index (χ4n) is 12.0. The lowest BCUT2D eigenvalue weighted by atomic mass is 9.99. The van der Waals surface area contributed by atoms with Crippen LogP contribution in [0.15, 0.2) is 249 Å². The summed E-state index contributed by atoms with van der Waals surface area (Å²) in [5.41, 5.74) is 16.1. The summed E-state index contributed by atoms with van der Waals surface area (Å²) in [6.45, 7) is 0. The van der Waals surface area contributed by atoms with E-state index in [0.717, 1.165) is 66.9 Å². The molecule has 0 amide bonds. The Morgan fingerprint density at radius 1 is 0.233 bits per heavy atom. The minimum Gasteiger partial charge on any atom is -0.309 e. The SMILES string of the molecule is c1ccc(-n2c3ccccc3c3cc(-c4nc5ccccc5nc4-c4ccc5cc(-n6c7ccccc7c7cc8cc(-n9c%10ccccc%10c%10ccc%11ccccc%11c%109)ccc8cc76)ccc5c4)ccc32)cc1. The highest BCUT2D eigenvalue weighted by Crippen LogP contribution is 2.42. The third-order valence-electron chi connectivity index (χ3n) is 15.3. The summed E-state index contributed by atoms with van der Waals surface area (Å²) in [5.74, 6) is 0. The zero-order valence-electron chi connectivity index (χ0n) is 39.4. The van der Waals surface area contributed by atoms with Gasteiger partial charge >= 0.3 is 0 Å². The lowest BCUT2D eigenvalue weighted by molar-refractivity contribution is 1.18. The Bertz CT molecular complexity index is 4980. The van der Waals surface area contributed by atoms with Crippen LogP contribution in [0, 0.1) is 0 Å². The molecule has 338 valence electrons. The summed E-state index contributed by atoms with van der Waals surface area (Å²) in [6, 6.07) is 90.4. The second-order valence-corrected chi connectivity index (χ2v) is 19.4. The van der Waals surface area contributed by atoms with Crippen molar-refractivity contribution in [1.82, 2.24) is 23.7 Å². The number of benzene rings is 12. The fourth-order valence-corrected chi connectivity index (χ4v) is 12.0. The van der Waals surface area contributed by atoms with Crippen molar-refractivity contribution in [2.75, 3.05) is 0 Å². The van der Waals surface area contributed by atoms with Crippen LogP contribution in [0.3, 0.4) is 0 Å². The monoisotopic (exact) mass is 927 g/mol. The molecule has 0 saturated heterocycles. The Morgan fingerprint density at radius 2 is 0.712 bits per heavy atom. The third-order valence-corrected chi connectivity index (χ3v) is 15.3. The molecular formula is C68H41N5. The molecule has 4 heterocycles. The first kappa shape index (κ1) is 39.9. The lowest BCUT2D eigenvalue weighted by Gasteiger charge is -2.13. The van der Waals surface area contributed by atoms with Gasteiger partial charge in [-0.25, -0.2) is 9.97 Å². The number of nitrogens with zero attached hydrogens (tertiary/aromatic N) is 5. The summed E-state index contributed by atoms with van der Waals surface area (Å²) in [7, 11) is 0. The smallest absolute Gasteiger partial charge is 0.0973 e.